The monoisotopic (exact) mass is 278 g/mol. The number of anilines is 1. The van der Waals surface area contributed by atoms with E-state index in [1.165, 1.54) is 23.1 Å². The highest BCUT2D eigenvalue weighted by Gasteiger charge is 2.17. The molecule has 0 atom stereocenters. The second kappa shape index (κ2) is 7.25. The van der Waals surface area contributed by atoms with Crippen molar-refractivity contribution in [1.82, 2.24) is 4.90 Å². The Bertz CT molecular complexity index is 526. The van der Waals surface area contributed by atoms with Crippen LogP contribution in [0, 0.1) is 10.1 Å². The zero-order valence-corrected chi connectivity index (χ0v) is 11.5. The summed E-state index contributed by atoms with van der Waals surface area (Å²) < 4.78 is 0. The Hall–Kier alpha value is -2.41. The molecule has 0 saturated heterocycles. The predicted molar refractivity (Wildman–Crippen MR) is 77.8 cm³/mol. The predicted octanol–water partition coefficient (Wildman–Crippen LogP) is 1.22. The number of amides is 1. The minimum atomic E-state index is -0.487. The third kappa shape index (κ3) is 4.06. The standard InChI is InChI=1S/C13H18N4O3/c1-16(2)13(18)10-5-6-12(17(19)20)11(9-10)15-8-4-3-7-14/h3-6,9,15H,7-8,14H2,1-2H3/b4-3+. The normalized spacial score (nSPS) is 10.6. The molecule has 7 heteroatoms. The molecule has 1 amide bonds. The number of nitrogens with zero attached hydrogens (tertiary/aromatic N) is 2. The van der Waals surface area contributed by atoms with E-state index in [4.69, 9.17) is 5.73 Å². The van der Waals surface area contributed by atoms with Gasteiger partial charge in [0.25, 0.3) is 11.6 Å². The van der Waals surface area contributed by atoms with Crippen molar-refractivity contribution in [3.05, 3.63) is 46.0 Å². The molecule has 1 aromatic rings. The molecule has 7 nitrogen and oxygen atoms in total. The van der Waals surface area contributed by atoms with E-state index in [2.05, 4.69) is 5.32 Å². The summed E-state index contributed by atoms with van der Waals surface area (Å²) in [6.45, 7) is 0.806. The Morgan fingerprint density at radius 2 is 2.15 bits per heavy atom. The minimum Gasteiger partial charge on any atom is -0.376 e. The van der Waals surface area contributed by atoms with Gasteiger partial charge in [0.1, 0.15) is 5.69 Å². The van der Waals surface area contributed by atoms with Crippen molar-refractivity contribution in [3.8, 4) is 0 Å². The first-order valence-corrected chi connectivity index (χ1v) is 6.06. The van der Waals surface area contributed by atoms with Crippen molar-refractivity contribution in [2.24, 2.45) is 5.73 Å². The number of nitrogens with two attached hydrogens (primary N) is 1. The van der Waals surface area contributed by atoms with Gasteiger partial charge in [0.2, 0.25) is 0 Å². The molecule has 0 aliphatic rings. The zero-order valence-electron chi connectivity index (χ0n) is 11.5. The fourth-order valence-electron chi connectivity index (χ4n) is 1.58. The van der Waals surface area contributed by atoms with Gasteiger partial charge < -0.3 is 16.0 Å². The van der Waals surface area contributed by atoms with E-state index >= 15 is 0 Å². The van der Waals surface area contributed by atoms with Gasteiger partial charge in [-0.05, 0) is 12.1 Å². The Labute approximate surface area is 117 Å². The maximum Gasteiger partial charge on any atom is 0.292 e. The van der Waals surface area contributed by atoms with Crippen LogP contribution in [0.25, 0.3) is 0 Å². The number of nitro benzene ring substituents is 1. The molecule has 0 fully saturated rings. The van der Waals surface area contributed by atoms with E-state index < -0.39 is 4.92 Å². The summed E-state index contributed by atoms with van der Waals surface area (Å²) in [6, 6.07) is 4.25. The van der Waals surface area contributed by atoms with Gasteiger partial charge in [-0.1, -0.05) is 12.2 Å². The van der Waals surface area contributed by atoms with Gasteiger partial charge in [0, 0.05) is 38.8 Å². The summed E-state index contributed by atoms with van der Waals surface area (Å²) in [6.07, 6.45) is 3.51. The Kier molecular flexibility index (Phi) is 5.67. The van der Waals surface area contributed by atoms with Crippen LogP contribution in [0.2, 0.25) is 0 Å². The quantitative estimate of drug-likeness (QED) is 0.463. The highest BCUT2D eigenvalue weighted by Crippen LogP contribution is 2.25. The summed E-state index contributed by atoms with van der Waals surface area (Å²) in [5, 5.41) is 13.9. The molecule has 108 valence electrons. The van der Waals surface area contributed by atoms with Crippen LogP contribution in [0.3, 0.4) is 0 Å². The number of carbonyl (C=O) groups is 1. The number of benzene rings is 1. The lowest BCUT2D eigenvalue weighted by Gasteiger charge is -2.12. The molecule has 0 spiro atoms. The molecule has 3 N–H and O–H groups in total. The molecule has 0 aromatic heterocycles. The number of hydrogen-bond donors (Lipinski definition) is 2. The van der Waals surface area contributed by atoms with Crippen LogP contribution in [0.15, 0.2) is 30.4 Å². The van der Waals surface area contributed by atoms with Crippen LogP contribution in [0.5, 0.6) is 0 Å². The highest BCUT2D eigenvalue weighted by molar-refractivity contribution is 5.95. The van der Waals surface area contributed by atoms with E-state index in [9.17, 15) is 14.9 Å². The molecule has 0 unspecified atom stereocenters. The molecule has 20 heavy (non-hydrogen) atoms. The van der Waals surface area contributed by atoms with Crippen molar-refractivity contribution in [2.75, 3.05) is 32.5 Å². The smallest absolute Gasteiger partial charge is 0.292 e. The van der Waals surface area contributed by atoms with Gasteiger partial charge in [-0.2, -0.15) is 0 Å². The number of hydrogen-bond acceptors (Lipinski definition) is 5. The second-order valence-electron chi connectivity index (χ2n) is 4.28. The number of carbonyl (C=O) groups excluding carboxylic acids is 1. The molecule has 0 saturated carbocycles. The van der Waals surface area contributed by atoms with Crippen molar-refractivity contribution in [1.29, 1.82) is 0 Å². The maximum atomic E-state index is 11.9. The van der Waals surface area contributed by atoms with Crippen LogP contribution in [0.4, 0.5) is 11.4 Å². The molecular formula is C13H18N4O3. The lowest BCUT2D eigenvalue weighted by molar-refractivity contribution is -0.384. The maximum absolute atomic E-state index is 11.9. The summed E-state index contributed by atoms with van der Waals surface area (Å²) in [5.41, 5.74) is 5.95. The molecule has 0 aliphatic carbocycles. The molecule has 1 rings (SSSR count). The first-order chi connectivity index (χ1) is 9.47. The fraction of sp³-hybridized carbons (Fsp3) is 0.308. The highest BCUT2D eigenvalue weighted by atomic mass is 16.6. The SMILES string of the molecule is CN(C)C(=O)c1ccc([N+](=O)[O-])c(NC/C=C/CN)c1. The Morgan fingerprint density at radius 3 is 2.70 bits per heavy atom. The summed E-state index contributed by atoms with van der Waals surface area (Å²) in [4.78, 5) is 23.7. The number of rotatable bonds is 6. The van der Waals surface area contributed by atoms with Crippen molar-refractivity contribution in [3.63, 3.8) is 0 Å². The third-order valence-electron chi connectivity index (χ3n) is 2.56. The van der Waals surface area contributed by atoms with Crippen LogP contribution in [-0.4, -0.2) is 42.9 Å². The summed E-state index contributed by atoms with van der Waals surface area (Å²) >= 11 is 0. The largest absolute Gasteiger partial charge is 0.376 e. The van der Waals surface area contributed by atoms with Crippen LogP contribution < -0.4 is 11.1 Å². The molecule has 0 aliphatic heterocycles. The lowest BCUT2D eigenvalue weighted by Crippen LogP contribution is -2.21. The minimum absolute atomic E-state index is 0.0681. The first-order valence-electron chi connectivity index (χ1n) is 6.06. The van der Waals surface area contributed by atoms with Gasteiger partial charge in [-0.3, -0.25) is 14.9 Å². The van der Waals surface area contributed by atoms with Gasteiger partial charge in [0.05, 0.1) is 4.92 Å². The Morgan fingerprint density at radius 1 is 1.45 bits per heavy atom. The first kappa shape index (κ1) is 15.6. The van der Waals surface area contributed by atoms with Crippen LogP contribution in [-0.2, 0) is 0 Å². The number of nitro groups is 1. The molecular weight excluding hydrogens is 260 g/mol. The van der Waals surface area contributed by atoms with E-state index in [0.29, 0.717) is 24.3 Å². The van der Waals surface area contributed by atoms with Crippen LogP contribution >= 0.6 is 0 Å². The molecule has 0 heterocycles. The third-order valence-corrected chi connectivity index (χ3v) is 2.56. The van der Waals surface area contributed by atoms with E-state index in [0.717, 1.165) is 0 Å². The fourth-order valence-corrected chi connectivity index (χ4v) is 1.58. The van der Waals surface area contributed by atoms with Gasteiger partial charge in [0.15, 0.2) is 0 Å². The zero-order chi connectivity index (χ0) is 15.1. The van der Waals surface area contributed by atoms with E-state index in [1.807, 2.05) is 0 Å². The van der Waals surface area contributed by atoms with Crippen molar-refractivity contribution in [2.45, 2.75) is 0 Å². The summed E-state index contributed by atoms with van der Waals surface area (Å²) in [5.74, 6) is -0.208. The molecule has 0 radical (unpaired) electrons. The van der Waals surface area contributed by atoms with E-state index in [-0.39, 0.29) is 11.6 Å². The Balaban J connectivity index is 3.02. The van der Waals surface area contributed by atoms with Crippen molar-refractivity contribution >= 4 is 17.3 Å². The van der Waals surface area contributed by atoms with E-state index in [1.54, 1.807) is 26.2 Å². The van der Waals surface area contributed by atoms with Crippen LogP contribution in [0.1, 0.15) is 10.4 Å². The topological polar surface area (TPSA) is 102 Å². The molecule has 1 aromatic carbocycles. The van der Waals surface area contributed by atoms with Gasteiger partial charge in [-0.25, -0.2) is 0 Å². The molecule has 0 bridgehead atoms. The average molecular weight is 278 g/mol. The average Bonchev–Trinajstić information content (AvgIpc) is 2.42. The lowest BCUT2D eigenvalue weighted by atomic mass is 10.1. The van der Waals surface area contributed by atoms with Gasteiger partial charge >= 0.3 is 0 Å². The summed E-state index contributed by atoms with van der Waals surface area (Å²) in [7, 11) is 3.25. The van der Waals surface area contributed by atoms with Crippen molar-refractivity contribution < 1.29 is 9.72 Å². The van der Waals surface area contributed by atoms with Gasteiger partial charge in [-0.15, -0.1) is 0 Å². The second-order valence-corrected chi connectivity index (χ2v) is 4.28. The number of nitrogens with one attached hydrogen (secondary N) is 1.